The van der Waals surface area contributed by atoms with Gasteiger partial charge in [0.2, 0.25) is 0 Å². The van der Waals surface area contributed by atoms with E-state index in [1.165, 1.54) is 6.07 Å². The first-order chi connectivity index (χ1) is 10.9. The summed E-state index contributed by atoms with van der Waals surface area (Å²) in [6.45, 7) is 2.04. The molecule has 23 heavy (non-hydrogen) atoms. The van der Waals surface area contributed by atoms with Crippen LogP contribution in [0, 0.1) is 6.92 Å². The number of hydrogen-bond acceptors (Lipinski definition) is 2. The predicted molar refractivity (Wildman–Crippen MR) is 83.4 cm³/mol. The van der Waals surface area contributed by atoms with Gasteiger partial charge in [-0.15, -0.1) is 0 Å². The largest absolute Gasteiger partial charge is 0.488 e. The van der Waals surface area contributed by atoms with Crippen LogP contribution >= 0.6 is 0 Å². The molecular formula is C18H18F3NO. The van der Waals surface area contributed by atoms with Crippen molar-refractivity contribution >= 4 is 0 Å². The summed E-state index contributed by atoms with van der Waals surface area (Å²) in [5.74, 6) is 0.536. The number of nitrogens with two attached hydrogens (primary N) is 1. The maximum Gasteiger partial charge on any atom is 0.417 e. The minimum atomic E-state index is -4.41. The number of alkyl halides is 3. The van der Waals surface area contributed by atoms with Crippen molar-refractivity contribution in [3.63, 3.8) is 0 Å². The molecule has 122 valence electrons. The molecule has 1 aliphatic rings. The lowest BCUT2D eigenvalue weighted by Gasteiger charge is -2.28. The van der Waals surface area contributed by atoms with E-state index in [1.807, 2.05) is 6.07 Å². The number of hydrogen-bond donors (Lipinski definition) is 1. The van der Waals surface area contributed by atoms with Gasteiger partial charge >= 0.3 is 6.18 Å². The van der Waals surface area contributed by atoms with Crippen LogP contribution in [-0.4, -0.2) is 12.6 Å². The quantitative estimate of drug-likeness (QED) is 0.893. The van der Waals surface area contributed by atoms with Gasteiger partial charge in [0.25, 0.3) is 0 Å². The second-order valence-electron chi connectivity index (χ2n) is 5.80. The van der Waals surface area contributed by atoms with Gasteiger partial charge < -0.3 is 10.5 Å². The highest BCUT2D eigenvalue weighted by atomic mass is 19.4. The fraction of sp³-hybridized carbons (Fsp3) is 0.333. The highest BCUT2D eigenvalue weighted by molar-refractivity contribution is 5.78. The van der Waals surface area contributed by atoms with E-state index in [4.69, 9.17) is 10.5 Å². The fourth-order valence-electron chi connectivity index (χ4n) is 3.09. The van der Waals surface area contributed by atoms with Crippen LogP contribution in [0.15, 0.2) is 36.4 Å². The molecule has 2 nitrogen and oxygen atoms in total. The monoisotopic (exact) mass is 321 g/mol. The third-order valence-electron chi connectivity index (χ3n) is 4.23. The smallest absolute Gasteiger partial charge is 0.417 e. The van der Waals surface area contributed by atoms with E-state index in [1.54, 1.807) is 25.1 Å². The van der Waals surface area contributed by atoms with Crippen molar-refractivity contribution in [2.24, 2.45) is 5.73 Å². The highest BCUT2D eigenvalue weighted by Gasteiger charge is 2.35. The normalized spacial score (nSPS) is 17.5. The highest BCUT2D eigenvalue weighted by Crippen LogP contribution is 2.44. The van der Waals surface area contributed by atoms with Crippen molar-refractivity contribution in [1.29, 1.82) is 0 Å². The molecule has 1 heterocycles. The topological polar surface area (TPSA) is 35.2 Å². The lowest BCUT2D eigenvalue weighted by Crippen LogP contribution is -2.30. The molecule has 3 rings (SSSR count). The lowest BCUT2D eigenvalue weighted by atomic mass is 9.90. The Labute approximate surface area is 133 Å². The predicted octanol–water partition coefficient (Wildman–Crippen LogP) is 4.33. The first kappa shape index (κ1) is 15.9. The van der Waals surface area contributed by atoms with Crippen molar-refractivity contribution in [3.05, 3.63) is 53.1 Å². The van der Waals surface area contributed by atoms with Gasteiger partial charge in [-0.3, -0.25) is 0 Å². The molecule has 0 saturated heterocycles. The van der Waals surface area contributed by atoms with Crippen LogP contribution in [0.2, 0.25) is 0 Å². The van der Waals surface area contributed by atoms with Crippen LogP contribution in [0.4, 0.5) is 13.2 Å². The van der Waals surface area contributed by atoms with Crippen LogP contribution in [0.3, 0.4) is 0 Å². The Kier molecular flexibility index (Phi) is 4.06. The van der Waals surface area contributed by atoms with Gasteiger partial charge in [-0.2, -0.15) is 13.2 Å². The molecule has 1 atom stereocenters. The molecule has 0 saturated carbocycles. The van der Waals surface area contributed by atoms with Crippen LogP contribution in [0.5, 0.6) is 5.75 Å². The Balaban J connectivity index is 2.22. The number of aryl methyl sites for hydroxylation is 2. The van der Waals surface area contributed by atoms with E-state index in [0.717, 1.165) is 24.5 Å². The molecule has 2 aromatic rings. The SMILES string of the molecule is Cc1cccc(C(F)(F)F)c1-c1cccc2c1O[C@@H](CN)CC2. The molecule has 0 aromatic heterocycles. The molecule has 0 radical (unpaired) electrons. The summed E-state index contributed by atoms with van der Waals surface area (Å²) in [5, 5.41) is 0. The van der Waals surface area contributed by atoms with Gasteiger partial charge in [-0.25, -0.2) is 0 Å². The summed E-state index contributed by atoms with van der Waals surface area (Å²) in [5.41, 5.74) is 7.23. The van der Waals surface area contributed by atoms with E-state index in [9.17, 15) is 13.2 Å². The minimum Gasteiger partial charge on any atom is -0.488 e. The van der Waals surface area contributed by atoms with Gasteiger partial charge in [0, 0.05) is 17.7 Å². The number of rotatable bonds is 2. The molecule has 0 bridgehead atoms. The van der Waals surface area contributed by atoms with Gasteiger partial charge in [-0.05, 0) is 37.0 Å². The third-order valence-corrected chi connectivity index (χ3v) is 4.23. The summed E-state index contributed by atoms with van der Waals surface area (Å²) >= 11 is 0. The van der Waals surface area contributed by atoms with Crippen LogP contribution in [0.25, 0.3) is 11.1 Å². The van der Waals surface area contributed by atoms with Gasteiger partial charge in [0.05, 0.1) is 5.56 Å². The van der Waals surface area contributed by atoms with E-state index >= 15 is 0 Å². The van der Waals surface area contributed by atoms with Crippen LogP contribution < -0.4 is 10.5 Å². The molecule has 2 aromatic carbocycles. The minimum absolute atomic E-state index is 0.151. The summed E-state index contributed by atoms with van der Waals surface area (Å²) in [7, 11) is 0. The van der Waals surface area contributed by atoms with Crippen molar-refractivity contribution in [2.75, 3.05) is 6.54 Å². The van der Waals surface area contributed by atoms with Crippen molar-refractivity contribution in [3.8, 4) is 16.9 Å². The molecule has 5 heteroatoms. The Morgan fingerprint density at radius 1 is 1.17 bits per heavy atom. The Hall–Kier alpha value is -2.01. The number of halogens is 3. The molecule has 0 spiro atoms. The average molecular weight is 321 g/mol. The van der Waals surface area contributed by atoms with Gasteiger partial charge in [-0.1, -0.05) is 30.3 Å². The maximum atomic E-state index is 13.4. The summed E-state index contributed by atoms with van der Waals surface area (Å²) in [4.78, 5) is 0. The Bertz CT molecular complexity index is 725. The Morgan fingerprint density at radius 3 is 2.61 bits per heavy atom. The zero-order valence-electron chi connectivity index (χ0n) is 12.8. The van der Waals surface area contributed by atoms with Gasteiger partial charge in [0.1, 0.15) is 11.9 Å². The lowest BCUT2D eigenvalue weighted by molar-refractivity contribution is -0.137. The molecule has 2 N–H and O–H groups in total. The number of para-hydroxylation sites is 1. The number of benzene rings is 2. The molecule has 0 fully saturated rings. The van der Waals surface area contributed by atoms with E-state index in [-0.39, 0.29) is 11.7 Å². The Morgan fingerprint density at radius 2 is 1.91 bits per heavy atom. The first-order valence-electron chi connectivity index (χ1n) is 7.57. The average Bonchev–Trinajstić information content (AvgIpc) is 2.53. The third kappa shape index (κ3) is 2.93. The summed E-state index contributed by atoms with van der Waals surface area (Å²) in [6.07, 6.45) is -3.01. The van der Waals surface area contributed by atoms with E-state index < -0.39 is 11.7 Å². The van der Waals surface area contributed by atoms with Gasteiger partial charge in [0.15, 0.2) is 0 Å². The van der Waals surface area contributed by atoms with E-state index in [2.05, 4.69) is 0 Å². The second-order valence-corrected chi connectivity index (χ2v) is 5.80. The number of ether oxygens (including phenoxy) is 1. The first-order valence-corrected chi connectivity index (χ1v) is 7.57. The summed E-state index contributed by atoms with van der Waals surface area (Å²) in [6, 6.07) is 9.61. The number of fused-ring (bicyclic) bond motifs is 1. The van der Waals surface area contributed by atoms with Crippen molar-refractivity contribution in [2.45, 2.75) is 32.0 Å². The summed E-state index contributed by atoms with van der Waals surface area (Å²) < 4.78 is 46.2. The molecule has 0 unspecified atom stereocenters. The zero-order chi connectivity index (χ0) is 16.6. The van der Waals surface area contributed by atoms with Crippen LogP contribution in [-0.2, 0) is 12.6 Å². The maximum absolute atomic E-state index is 13.4. The molecule has 0 amide bonds. The molecule has 0 aliphatic carbocycles. The molecular weight excluding hydrogens is 303 g/mol. The van der Waals surface area contributed by atoms with E-state index in [0.29, 0.717) is 23.4 Å². The fourth-order valence-corrected chi connectivity index (χ4v) is 3.09. The van der Waals surface area contributed by atoms with Crippen molar-refractivity contribution in [1.82, 2.24) is 0 Å². The zero-order valence-corrected chi connectivity index (χ0v) is 12.8. The second kappa shape index (κ2) is 5.89. The van der Waals surface area contributed by atoms with Crippen molar-refractivity contribution < 1.29 is 17.9 Å². The standard InChI is InChI=1S/C18H18F3NO/c1-11-4-2-7-15(18(19,20)21)16(11)14-6-3-5-12-8-9-13(10-22)23-17(12)14/h2-7,13H,8-10,22H2,1H3/t13-/m1/s1. The van der Waals surface area contributed by atoms with Crippen LogP contribution in [0.1, 0.15) is 23.1 Å². The molecule has 1 aliphatic heterocycles.